The van der Waals surface area contributed by atoms with E-state index in [0.717, 1.165) is 4.70 Å². The summed E-state index contributed by atoms with van der Waals surface area (Å²) < 4.78 is 38.8. The normalized spacial score (nSPS) is 17.7. The summed E-state index contributed by atoms with van der Waals surface area (Å²) in [5.74, 6) is 0.561. The SMILES string of the molecule is COc1ccc(OC)c2sc(NC(=O)C3CCCN(S(=O)(=O)c4cccs4)C3)nc12. The Labute approximate surface area is 182 Å². The van der Waals surface area contributed by atoms with E-state index in [4.69, 9.17) is 9.47 Å². The van der Waals surface area contributed by atoms with Crippen molar-refractivity contribution in [1.82, 2.24) is 9.29 Å². The number of methoxy groups -OCH3 is 2. The van der Waals surface area contributed by atoms with Gasteiger partial charge in [0.25, 0.3) is 10.0 Å². The van der Waals surface area contributed by atoms with Gasteiger partial charge in [0.2, 0.25) is 5.91 Å². The number of fused-ring (bicyclic) bond motifs is 1. The Hall–Kier alpha value is -2.21. The van der Waals surface area contributed by atoms with Gasteiger partial charge in [0.1, 0.15) is 25.9 Å². The largest absolute Gasteiger partial charge is 0.495 e. The van der Waals surface area contributed by atoms with Gasteiger partial charge in [-0.15, -0.1) is 11.3 Å². The molecule has 11 heteroatoms. The molecule has 160 valence electrons. The Kier molecular flexibility index (Phi) is 5.96. The number of nitrogens with zero attached hydrogens (tertiary/aromatic N) is 2. The van der Waals surface area contributed by atoms with Crippen LogP contribution in [0.5, 0.6) is 11.5 Å². The van der Waals surface area contributed by atoms with Crippen molar-refractivity contribution in [2.75, 3.05) is 32.6 Å². The molecule has 1 saturated heterocycles. The average molecular weight is 468 g/mol. The van der Waals surface area contributed by atoms with Gasteiger partial charge >= 0.3 is 0 Å². The summed E-state index contributed by atoms with van der Waals surface area (Å²) >= 11 is 2.48. The van der Waals surface area contributed by atoms with Crippen molar-refractivity contribution in [1.29, 1.82) is 0 Å². The molecule has 3 heterocycles. The lowest BCUT2D eigenvalue weighted by atomic mass is 9.99. The Balaban J connectivity index is 1.52. The molecule has 0 bridgehead atoms. The number of carbonyl (C=O) groups excluding carboxylic acids is 1. The van der Waals surface area contributed by atoms with Crippen molar-refractivity contribution in [3.05, 3.63) is 29.6 Å². The number of thiophene rings is 1. The predicted molar refractivity (Wildman–Crippen MR) is 117 cm³/mol. The number of anilines is 1. The van der Waals surface area contributed by atoms with Gasteiger partial charge in [-0.3, -0.25) is 4.79 Å². The van der Waals surface area contributed by atoms with Crippen LogP contribution in [-0.2, 0) is 14.8 Å². The maximum atomic E-state index is 12.9. The van der Waals surface area contributed by atoms with E-state index in [1.54, 1.807) is 43.9 Å². The van der Waals surface area contributed by atoms with E-state index in [9.17, 15) is 13.2 Å². The standard InChI is InChI=1S/C19H21N3O5S3/c1-26-13-7-8-14(27-2)17-16(13)20-19(29-17)21-18(23)12-5-3-9-22(11-12)30(24,25)15-6-4-10-28-15/h4,6-8,10,12H,3,5,9,11H2,1-2H3,(H,20,21,23). The lowest BCUT2D eigenvalue weighted by Gasteiger charge is -2.30. The van der Waals surface area contributed by atoms with Gasteiger partial charge < -0.3 is 14.8 Å². The highest BCUT2D eigenvalue weighted by atomic mass is 32.2. The lowest BCUT2D eigenvalue weighted by molar-refractivity contribution is -0.120. The first-order valence-corrected chi connectivity index (χ1v) is 12.4. The molecular formula is C19H21N3O5S3. The molecule has 1 amide bonds. The number of hydrogen-bond acceptors (Lipinski definition) is 8. The van der Waals surface area contributed by atoms with Crippen LogP contribution in [0.15, 0.2) is 33.9 Å². The fourth-order valence-corrected chi connectivity index (χ4v) is 7.10. The van der Waals surface area contributed by atoms with E-state index in [1.165, 1.54) is 27.0 Å². The van der Waals surface area contributed by atoms with Crippen LogP contribution in [0.3, 0.4) is 0 Å². The number of aromatic nitrogens is 1. The van der Waals surface area contributed by atoms with E-state index in [0.29, 0.717) is 45.7 Å². The van der Waals surface area contributed by atoms with Gasteiger partial charge in [-0.1, -0.05) is 17.4 Å². The van der Waals surface area contributed by atoms with Gasteiger partial charge in [-0.2, -0.15) is 4.31 Å². The van der Waals surface area contributed by atoms with Crippen molar-refractivity contribution in [2.24, 2.45) is 5.92 Å². The molecule has 1 aliphatic heterocycles. The topological polar surface area (TPSA) is 97.8 Å². The Morgan fingerprint density at radius 2 is 2.00 bits per heavy atom. The zero-order valence-corrected chi connectivity index (χ0v) is 18.9. The summed E-state index contributed by atoms with van der Waals surface area (Å²) in [6.07, 6.45) is 1.25. The van der Waals surface area contributed by atoms with Gasteiger partial charge in [0.05, 0.1) is 20.1 Å². The second kappa shape index (κ2) is 8.50. The number of piperidine rings is 1. The number of thiazole rings is 1. The number of carbonyl (C=O) groups is 1. The Bertz CT molecular complexity index is 1120. The molecular weight excluding hydrogens is 446 g/mol. The molecule has 3 aromatic rings. The molecule has 1 fully saturated rings. The maximum absolute atomic E-state index is 12.9. The second-order valence-corrected chi connectivity index (χ2v) is 10.9. The fourth-order valence-electron chi connectivity index (χ4n) is 3.46. The van der Waals surface area contributed by atoms with Gasteiger partial charge in [-0.25, -0.2) is 13.4 Å². The summed E-state index contributed by atoms with van der Waals surface area (Å²) in [6.45, 7) is 0.573. The first kappa shape index (κ1) is 21.0. The molecule has 1 atom stereocenters. The minimum absolute atomic E-state index is 0.156. The van der Waals surface area contributed by atoms with Gasteiger partial charge in [0, 0.05) is 13.1 Å². The molecule has 1 aliphatic rings. The third kappa shape index (κ3) is 3.89. The molecule has 1 unspecified atom stereocenters. The second-order valence-electron chi connectivity index (χ2n) is 6.79. The number of benzene rings is 1. The third-order valence-corrected chi connectivity index (χ3v) is 9.21. The zero-order chi connectivity index (χ0) is 21.3. The number of nitrogens with one attached hydrogen (secondary N) is 1. The zero-order valence-electron chi connectivity index (χ0n) is 16.5. The average Bonchev–Trinajstić information content (AvgIpc) is 3.43. The van der Waals surface area contributed by atoms with Gasteiger partial charge in [-0.05, 0) is 36.4 Å². The number of amides is 1. The minimum atomic E-state index is -3.57. The van der Waals surface area contributed by atoms with Crippen molar-refractivity contribution in [3.63, 3.8) is 0 Å². The number of sulfonamides is 1. The van der Waals surface area contributed by atoms with Crippen LogP contribution in [0.1, 0.15) is 12.8 Å². The van der Waals surface area contributed by atoms with Crippen molar-refractivity contribution in [2.45, 2.75) is 17.1 Å². The third-order valence-electron chi connectivity index (χ3n) is 4.98. The van der Waals surface area contributed by atoms with Crippen LogP contribution in [0.4, 0.5) is 5.13 Å². The lowest BCUT2D eigenvalue weighted by Crippen LogP contribution is -2.43. The van der Waals surface area contributed by atoms with Crippen LogP contribution in [0.25, 0.3) is 10.2 Å². The maximum Gasteiger partial charge on any atom is 0.252 e. The summed E-state index contributed by atoms with van der Waals surface area (Å²) in [6, 6.07) is 6.85. The Morgan fingerprint density at radius 3 is 2.70 bits per heavy atom. The van der Waals surface area contributed by atoms with Crippen LogP contribution in [0.2, 0.25) is 0 Å². The number of ether oxygens (including phenoxy) is 2. The summed E-state index contributed by atoms with van der Waals surface area (Å²) in [4.78, 5) is 17.4. The first-order chi connectivity index (χ1) is 14.4. The highest BCUT2D eigenvalue weighted by Crippen LogP contribution is 2.39. The highest BCUT2D eigenvalue weighted by molar-refractivity contribution is 7.91. The molecule has 30 heavy (non-hydrogen) atoms. The monoisotopic (exact) mass is 467 g/mol. The molecule has 4 rings (SSSR count). The summed E-state index contributed by atoms with van der Waals surface area (Å²) in [5.41, 5.74) is 0.614. The van der Waals surface area contributed by atoms with Crippen molar-refractivity contribution < 1.29 is 22.7 Å². The summed E-state index contributed by atoms with van der Waals surface area (Å²) in [5, 5.41) is 5.01. The van der Waals surface area contributed by atoms with Crippen molar-refractivity contribution in [3.8, 4) is 11.5 Å². The van der Waals surface area contributed by atoms with E-state index in [1.807, 2.05) is 0 Å². The van der Waals surface area contributed by atoms with E-state index in [2.05, 4.69) is 10.3 Å². The Morgan fingerprint density at radius 1 is 1.23 bits per heavy atom. The molecule has 1 aromatic carbocycles. The smallest absolute Gasteiger partial charge is 0.252 e. The van der Waals surface area contributed by atoms with E-state index >= 15 is 0 Å². The van der Waals surface area contributed by atoms with E-state index in [-0.39, 0.29) is 12.5 Å². The van der Waals surface area contributed by atoms with Crippen LogP contribution in [-0.4, -0.2) is 50.9 Å². The van der Waals surface area contributed by atoms with Gasteiger partial charge in [0.15, 0.2) is 5.13 Å². The predicted octanol–water partition coefficient (Wildman–Crippen LogP) is 3.41. The summed E-state index contributed by atoms with van der Waals surface area (Å²) in [7, 11) is -0.438. The molecule has 1 N–H and O–H groups in total. The van der Waals surface area contributed by atoms with Crippen LogP contribution < -0.4 is 14.8 Å². The first-order valence-electron chi connectivity index (χ1n) is 9.30. The number of hydrogen-bond donors (Lipinski definition) is 1. The molecule has 0 spiro atoms. The number of rotatable bonds is 6. The minimum Gasteiger partial charge on any atom is -0.495 e. The fraction of sp³-hybridized carbons (Fsp3) is 0.368. The molecule has 0 radical (unpaired) electrons. The molecule has 0 aliphatic carbocycles. The highest BCUT2D eigenvalue weighted by Gasteiger charge is 2.34. The van der Waals surface area contributed by atoms with Crippen LogP contribution >= 0.6 is 22.7 Å². The molecule has 8 nitrogen and oxygen atoms in total. The van der Waals surface area contributed by atoms with E-state index < -0.39 is 15.9 Å². The molecule has 0 saturated carbocycles. The van der Waals surface area contributed by atoms with Crippen LogP contribution in [0, 0.1) is 5.92 Å². The molecule has 2 aromatic heterocycles. The van der Waals surface area contributed by atoms with Crippen molar-refractivity contribution >= 4 is 54.0 Å². The quantitative estimate of drug-likeness (QED) is 0.597.